The Morgan fingerprint density at radius 1 is 0.852 bits per heavy atom. The molecule has 0 heterocycles. The van der Waals surface area contributed by atoms with Crippen molar-refractivity contribution in [2.75, 3.05) is 22.5 Å². The zero-order valence-corrected chi connectivity index (χ0v) is 16.1. The second-order valence-electron chi connectivity index (χ2n) is 8.07. The minimum Gasteiger partial charge on any atom is -0.376 e. The summed E-state index contributed by atoms with van der Waals surface area (Å²) in [7, 11) is 0. The predicted octanol–water partition coefficient (Wildman–Crippen LogP) is 4.38. The van der Waals surface area contributed by atoms with E-state index < -0.39 is 0 Å². The number of anilines is 3. The lowest BCUT2D eigenvalue weighted by molar-refractivity contribution is -0.117. The summed E-state index contributed by atoms with van der Waals surface area (Å²) in [5, 5.41) is 8.88. The normalized spacial score (nSPS) is 13.7. The SMILES string of the molecule is CC(C)(C)c1ccc(NC(=O)CNc2ccc(NC(=O)C3CC3)cc2)cc1. The maximum atomic E-state index is 12.1. The first-order valence-electron chi connectivity index (χ1n) is 9.36. The third-order valence-corrected chi connectivity index (χ3v) is 4.59. The van der Waals surface area contributed by atoms with Gasteiger partial charge in [-0.15, -0.1) is 0 Å². The van der Waals surface area contributed by atoms with Crippen molar-refractivity contribution >= 4 is 28.9 Å². The van der Waals surface area contributed by atoms with Crippen LogP contribution >= 0.6 is 0 Å². The van der Waals surface area contributed by atoms with E-state index in [1.54, 1.807) is 0 Å². The molecule has 3 N–H and O–H groups in total. The van der Waals surface area contributed by atoms with Crippen molar-refractivity contribution in [2.24, 2.45) is 5.92 Å². The molecule has 27 heavy (non-hydrogen) atoms. The fourth-order valence-corrected chi connectivity index (χ4v) is 2.70. The molecule has 142 valence electrons. The molecular formula is C22H27N3O2. The summed E-state index contributed by atoms with van der Waals surface area (Å²) >= 11 is 0. The summed E-state index contributed by atoms with van der Waals surface area (Å²) in [6.45, 7) is 6.66. The van der Waals surface area contributed by atoms with E-state index in [0.29, 0.717) is 0 Å². The molecule has 1 fully saturated rings. The van der Waals surface area contributed by atoms with Crippen molar-refractivity contribution in [2.45, 2.75) is 39.0 Å². The Kier molecular flexibility index (Phi) is 5.49. The molecule has 2 aromatic carbocycles. The summed E-state index contributed by atoms with van der Waals surface area (Å²) in [5.41, 5.74) is 3.72. The van der Waals surface area contributed by atoms with Crippen LogP contribution in [0.3, 0.4) is 0 Å². The minimum atomic E-state index is -0.107. The zero-order chi connectivity index (χ0) is 19.4. The number of hydrogen-bond donors (Lipinski definition) is 3. The van der Waals surface area contributed by atoms with E-state index in [1.165, 1.54) is 5.56 Å². The summed E-state index contributed by atoms with van der Waals surface area (Å²) in [6, 6.07) is 15.3. The molecule has 0 aliphatic heterocycles. The number of carbonyl (C=O) groups excluding carboxylic acids is 2. The van der Waals surface area contributed by atoms with Gasteiger partial charge in [-0.05, 0) is 60.2 Å². The smallest absolute Gasteiger partial charge is 0.243 e. The molecule has 0 spiro atoms. The average molecular weight is 365 g/mol. The molecule has 0 bridgehead atoms. The quantitative estimate of drug-likeness (QED) is 0.711. The Morgan fingerprint density at radius 3 is 1.93 bits per heavy atom. The topological polar surface area (TPSA) is 70.2 Å². The molecule has 3 rings (SSSR count). The van der Waals surface area contributed by atoms with Crippen LogP contribution in [0.1, 0.15) is 39.2 Å². The minimum absolute atomic E-state index is 0.0903. The highest BCUT2D eigenvalue weighted by atomic mass is 16.2. The largest absolute Gasteiger partial charge is 0.376 e. The van der Waals surface area contributed by atoms with Crippen molar-refractivity contribution in [3.8, 4) is 0 Å². The maximum absolute atomic E-state index is 12.1. The van der Waals surface area contributed by atoms with Crippen LogP contribution < -0.4 is 16.0 Å². The Morgan fingerprint density at radius 2 is 1.37 bits per heavy atom. The second-order valence-corrected chi connectivity index (χ2v) is 8.07. The molecule has 5 heteroatoms. The maximum Gasteiger partial charge on any atom is 0.243 e. The number of nitrogens with one attached hydrogen (secondary N) is 3. The zero-order valence-electron chi connectivity index (χ0n) is 16.1. The van der Waals surface area contributed by atoms with Crippen LogP contribution in [0.15, 0.2) is 48.5 Å². The monoisotopic (exact) mass is 365 g/mol. The fraction of sp³-hybridized carbons (Fsp3) is 0.364. The highest BCUT2D eigenvalue weighted by Crippen LogP contribution is 2.30. The first kappa shape index (κ1) is 19.0. The summed E-state index contributed by atoms with van der Waals surface area (Å²) < 4.78 is 0. The van der Waals surface area contributed by atoms with Crippen LogP contribution in [0.25, 0.3) is 0 Å². The van der Waals surface area contributed by atoms with Gasteiger partial charge in [0.15, 0.2) is 0 Å². The van der Waals surface area contributed by atoms with E-state index in [-0.39, 0.29) is 29.7 Å². The van der Waals surface area contributed by atoms with Crippen LogP contribution in [-0.4, -0.2) is 18.4 Å². The lowest BCUT2D eigenvalue weighted by Gasteiger charge is -2.19. The number of carbonyl (C=O) groups is 2. The summed E-state index contributed by atoms with van der Waals surface area (Å²) in [4.78, 5) is 23.9. The van der Waals surface area contributed by atoms with Crippen LogP contribution in [0, 0.1) is 5.92 Å². The van der Waals surface area contributed by atoms with E-state index in [0.717, 1.165) is 29.9 Å². The van der Waals surface area contributed by atoms with Crippen LogP contribution in [0.5, 0.6) is 0 Å². The molecule has 0 atom stereocenters. The number of rotatable bonds is 6. The molecule has 0 unspecified atom stereocenters. The van der Waals surface area contributed by atoms with Crippen molar-refractivity contribution in [3.63, 3.8) is 0 Å². The van der Waals surface area contributed by atoms with Gasteiger partial charge >= 0.3 is 0 Å². The first-order valence-corrected chi connectivity index (χ1v) is 9.36. The van der Waals surface area contributed by atoms with Gasteiger partial charge in [-0.25, -0.2) is 0 Å². The molecule has 2 amide bonds. The van der Waals surface area contributed by atoms with E-state index in [9.17, 15) is 9.59 Å². The Hall–Kier alpha value is -2.82. The lowest BCUT2D eigenvalue weighted by Crippen LogP contribution is -2.22. The van der Waals surface area contributed by atoms with Crippen LogP contribution in [0.2, 0.25) is 0 Å². The van der Waals surface area contributed by atoms with Gasteiger partial charge in [0.1, 0.15) is 0 Å². The van der Waals surface area contributed by atoms with Gasteiger partial charge in [-0.1, -0.05) is 32.9 Å². The van der Waals surface area contributed by atoms with Gasteiger partial charge in [0.25, 0.3) is 0 Å². The van der Waals surface area contributed by atoms with Crippen LogP contribution in [0.4, 0.5) is 17.1 Å². The summed E-state index contributed by atoms with van der Waals surface area (Å²) in [6.07, 6.45) is 1.97. The molecule has 0 aromatic heterocycles. The van der Waals surface area contributed by atoms with Crippen molar-refractivity contribution in [1.29, 1.82) is 0 Å². The number of amides is 2. The highest BCUT2D eigenvalue weighted by molar-refractivity contribution is 5.95. The van der Waals surface area contributed by atoms with Crippen LogP contribution in [-0.2, 0) is 15.0 Å². The third-order valence-electron chi connectivity index (χ3n) is 4.59. The number of benzene rings is 2. The van der Waals surface area contributed by atoms with Crippen molar-refractivity contribution in [3.05, 3.63) is 54.1 Å². The van der Waals surface area contributed by atoms with Gasteiger partial charge in [-0.3, -0.25) is 9.59 Å². The van der Waals surface area contributed by atoms with Crippen molar-refractivity contribution < 1.29 is 9.59 Å². The molecule has 1 saturated carbocycles. The molecule has 1 aliphatic carbocycles. The summed E-state index contributed by atoms with van der Waals surface area (Å²) in [5.74, 6) is 0.168. The van der Waals surface area contributed by atoms with E-state index in [2.05, 4.69) is 36.7 Å². The second kappa shape index (κ2) is 7.82. The van der Waals surface area contributed by atoms with Gasteiger partial charge in [-0.2, -0.15) is 0 Å². The molecule has 5 nitrogen and oxygen atoms in total. The first-order chi connectivity index (χ1) is 12.8. The molecule has 1 aliphatic rings. The third kappa shape index (κ3) is 5.58. The predicted molar refractivity (Wildman–Crippen MR) is 110 cm³/mol. The van der Waals surface area contributed by atoms with Crippen molar-refractivity contribution in [1.82, 2.24) is 0 Å². The lowest BCUT2D eigenvalue weighted by atomic mass is 9.87. The molecular weight excluding hydrogens is 338 g/mol. The van der Waals surface area contributed by atoms with E-state index in [1.807, 2.05) is 48.5 Å². The van der Waals surface area contributed by atoms with E-state index in [4.69, 9.17) is 0 Å². The Labute approximate surface area is 160 Å². The fourth-order valence-electron chi connectivity index (χ4n) is 2.70. The highest BCUT2D eigenvalue weighted by Gasteiger charge is 2.29. The molecule has 2 aromatic rings. The van der Waals surface area contributed by atoms with Gasteiger partial charge in [0, 0.05) is 23.0 Å². The van der Waals surface area contributed by atoms with Gasteiger partial charge in [0.2, 0.25) is 11.8 Å². The van der Waals surface area contributed by atoms with Gasteiger partial charge in [0.05, 0.1) is 6.54 Å². The standard InChI is InChI=1S/C22H27N3O2/c1-22(2,3)16-6-8-18(9-7-16)24-20(26)14-23-17-10-12-19(13-11-17)25-21(27)15-4-5-15/h6-13,15,23H,4-5,14H2,1-3H3,(H,24,26)(H,25,27). The van der Waals surface area contributed by atoms with Gasteiger partial charge < -0.3 is 16.0 Å². The Balaban J connectivity index is 1.46. The molecule has 0 radical (unpaired) electrons. The molecule has 0 saturated heterocycles. The van der Waals surface area contributed by atoms with E-state index >= 15 is 0 Å². The average Bonchev–Trinajstić information content (AvgIpc) is 3.46. The number of hydrogen-bond acceptors (Lipinski definition) is 3. The Bertz CT molecular complexity index is 801.